The number of aromatic nitrogens is 1. The van der Waals surface area contributed by atoms with Gasteiger partial charge in [0.05, 0.1) is 18.3 Å². The Balaban J connectivity index is 2.33. The molecule has 3 heteroatoms. The summed E-state index contributed by atoms with van der Waals surface area (Å²) in [5, 5.41) is 0.885. The van der Waals surface area contributed by atoms with Crippen LogP contribution in [0.3, 0.4) is 0 Å². The standard InChI is InChI=1S/C17H15NO2/c1-11-5-3-6-12(9-11)16-14(10-19)13-7-4-8-15(20-2)17(13)18-16/h3-10,18H,1-2H3. The minimum Gasteiger partial charge on any atom is -0.495 e. The summed E-state index contributed by atoms with van der Waals surface area (Å²) in [6, 6.07) is 13.8. The molecule has 0 amide bonds. The average molecular weight is 265 g/mol. The van der Waals surface area contributed by atoms with E-state index >= 15 is 0 Å². The lowest BCUT2D eigenvalue weighted by molar-refractivity contribution is 0.112. The molecule has 0 aliphatic rings. The van der Waals surface area contributed by atoms with E-state index in [0.717, 1.165) is 39.8 Å². The van der Waals surface area contributed by atoms with E-state index in [1.54, 1.807) is 7.11 Å². The summed E-state index contributed by atoms with van der Waals surface area (Å²) >= 11 is 0. The molecule has 0 saturated heterocycles. The molecule has 20 heavy (non-hydrogen) atoms. The number of aryl methyl sites for hydroxylation is 1. The van der Waals surface area contributed by atoms with Gasteiger partial charge in [-0.3, -0.25) is 4.79 Å². The zero-order valence-corrected chi connectivity index (χ0v) is 11.4. The molecule has 0 radical (unpaired) electrons. The lowest BCUT2D eigenvalue weighted by atomic mass is 10.0. The molecule has 2 aromatic carbocycles. The molecule has 0 spiro atoms. The normalized spacial score (nSPS) is 10.7. The van der Waals surface area contributed by atoms with Crippen molar-refractivity contribution >= 4 is 17.2 Å². The number of carbonyl (C=O) groups is 1. The largest absolute Gasteiger partial charge is 0.495 e. The summed E-state index contributed by atoms with van der Waals surface area (Å²) in [6.07, 6.45) is 0.899. The lowest BCUT2D eigenvalue weighted by Crippen LogP contribution is -1.85. The summed E-state index contributed by atoms with van der Waals surface area (Å²) < 4.78 is 5.35. The fourth-order valence-electron chi connectivity index (χ4n) is 2.53. The van der Waals surface area contributed by atoms with Gasteiger partial charge in [-0.25, -0.2) is 0 Å². The SMILES string of the molecule is COc1cccc2c(C=O)c(-c3cccc(C)c3)[nH]c12. The van der Waals surface area contributed by atoms with Crippen molar-refractivity contribution in [2.24, 2.45) is 0 Å². The van der Waals surface area contributed by atoms with Crippen LogP contribution in [0.1, 0.15) is 15.9 Å². The highest BCUT2D eigenvalue weighted by molar-refractivity contribution is 6.06. The van der Waals surface area contributed by atoms with Gasteiger partial charge in [-0.15, -0.1) is 0 Å². The van der Waals surface area contributed by atoms with Gasteiger partial charge in [0.1, 0.15) is 5.75 Å². The van der Waals surface area contributed by atoms with Crippen molar-refractivity contribution < 1.29 is 9.53 Å². The van der Waals surface area contributed by atoms with E-state index in [-0.39, 0.29) is 0 Å². The van der Waals surface area contributed by atoms with Crippen LogP contribution >= 0.6 is 0 Å². The van der Waals surface area contributed by atoms with Gasteiger partial charge >= 0.3 is 0 Å². The number of ether oxygens (including phenoxy) is 1. The van der Waals surface area contributed by atoms with Gasteiger partial charge < -0.3 is 9.72 Å². The molecule has 3 rings (SSSR count). The van der Waals surface area contributed by atoms with E-state index in [0.29, 0.717) is 5.56 Å². The first kappa shape index (κ1) is 12.5. The number of para-hydroxylation sites is 1. The minimum atomic E-state index is 0.671. The molecule has 0 bridgehead atoms. The number of H-pyrrole nitrogens is 1. The summed E-state index contributed by atoms with van der Waals surface area (Å²) in [5.74, 6) is 0.740. The molecule has 0 atom stereocenters. The van der Waals surface area contributed by atoms with Crippen molar-refractivity contribution in [3.8, 4) is 17.0 Å². The van der Waals surface area contributed by atoms with Crippen molar-refractivity contribution in [3.63, 3.8) is 0 Å². The van der Waals surface area contributed by atoms with E-state index < -0.39 is 0 Å². The molecule has 1 aromatic heterocycles. The van der Waals surface area contributed by atoms with Crippen LogP contribution < -0.4 is 4.74 Å². The van der Waals surface area contributed by atoms with Gasteiger partial charge in [0.15, 0.2) is 6.29 Å². The zero-order valence-electron chi connectivity index (χ0n) is 11.4. The topological polar surface area (TPSA) is 42.1 Å². The van der Waals surface area contributed by atoms with Gasteiger partial charge in [-0.2, -0.15) is 0 Å². The average Bonchev–Trinajstić information content (AvgIpc) is 2.85. The fourth-order valence-corrected chi connectivity index (χ4v) is 2.53. The van der Waals surface area contributed by atoms with E-state index in [1.807, 2.05) is 43.3 Å². The lowest BCUT2D eigenvalue weighted by Gasteiger charge is -2.01. The number of benzene rings is 2. The van der Waals surface area contributed by atoms with Crippen LogP contribution in [-0.2, 0) is 0 Å². The maximum absolute atomic E-state index is 11.5. The Morgan fingerprint density at radius 3 is 2.65 bits per heavy atom. The Morgan fingerprint density at radius 1 is 1.15 bits per heavy atom. The molecule has 3 nitrogen and oxygen atoms in total. The van der Waals surface area contributed by atoms with Crippen molar-refractivity contribution in [3.05, 3.63) is 53.6 Å². The molecular weight excluding hydrogens is 250 g/mol. The summed E-state index contributed by atoms with van der Waals surface area (Å²) in [7, 11) is 1.63. The molecule has 0 aliphatic carbocycles. The monoisotopic (exact) mass is 265 g/mol. The van der Waals surface area contributed by atoms with Crippen LogP contribution in [0.25, 0.3) is 22.2 Å². The Hall–Kier alpha value is -2.55. The van der Waals surface area contributed by atoms with Gasteiger partial charge in [-0.05, 0) is 24.6 Å². The number of carbonyl (C=O) groups excluding carboxylic acids is 1. The van der Waals surface area contributed by atoms with Crippen molar-refractivity contribution in [2.75, 3.05) is 7.11 Å². The predicted octanol–water partition coefficient (Wildman–Crippen LogP) is 3.96. The van der Waals surface area contributed by atoms with Crippen molar-refractivity contribution in [1.29, 1.82) is 0 Å². The molecule has 100 valence electrons. The highest BCUT2D eigenvalue weighted by Crippen LogP contribution is 2.33. The van der Waals surface area contributed by atoms with Crippen molar-refractivity contribution in [1.82, 2.24) is 4.98 Å². The first-order valence-electron chi connectivity index (χ1n) is 6.45. The number of hydrogen-bond donors (Lipinski definition) is 1. The van der Waals surface area contributed by atoms with Crippen LogP contribution in [0, 0.1) is 6.92 Å². The van der Waals surface area contributed by atoms with Crippen LogP contribution in [0.2, 0.25) is 0 Å². The van der Waals surface area contributed by atoms with E-state index in [2.05, 4.69) is 11.1 Å². The predicted molar refractivity (Wildman–Crippen MR) is 80.4 cm³/mol. The van der Waals surface area contributed by atoms with Gasteiger partial charge in [0, 0.05) is 10.9 Å². The molecule has 1 heterocycles. The maximum atomic E-state index is 11.5. The quantitative estimate of drug-likeness (QED) is 0.728. The Labute approximate surface area is 117 Å². The number of hydrogen-bond acceptors (Lipinski definition) is 2. The molecule has 0 aliphatic heterocycles. The van der Waals surface area contributed by atoms with Gasteiger partial charge in [0.25, 0.3) is 0 Å². The third-order valence-electron chi connectivity index (χ3n) is 3.48. The number of methoxy groups -OCH3 is 1. The Kier molecular flexibility index (Phi) is 3.03. The third kappa shape index (κ3) is 1.88. The highest BCUT2D eigenvalue weighted by atomic mass is 16.5. The number of rotatable bonds is 3. The molecule has 0 unspecified atom stereocenters. The second-order valence-corrected chi connectivity index (χ2v) is 4.78. The molecule has 0 fully saturated rings. The first-order valence-corrected chi connectivity index (χ1v) is 6.45. The van der Waals surface area contributed by atoms with Crippen LogP contribution in [0.15, 0.2) is 42.5 Å². The molecule has 3 aromatic rings. The maximum Gasteiger partial charge on any atom is 0.152 e. The summed E-state index contributed by atoms with van der Waals surface area (Å²) in [4.78, 5) is 14.8. The number of nitrogens with one attached hydrogen (secondary N) is 1. The molecule has 0 saturated carbocycles. The van der Waals surface area contributed by atoms with Gasteiger partial charge in [-0.1, -0.05) is 35.9 Å². The van der Waals surface area contributed by atoms with Gasteiger partial charge in [0.2, 0.25) is 0 Å². The zero-order chi connectivity index (χ0) is 14.1. The van der Waals surface area contributed by atoms with E-state index in [1.165, 1.54) is 0 Å². The van der Waals surface area contributed by atoms with Crippen LogP contribution in [0.5, 0.6) is 5.75 Å². The molecule has 1 N–H and O–H groups in total. The highest BCUT2D eigenvalue weighted by Gasteiger charge is 2.15. The number of fused-ring (bicyclic) bond motifs is 1. The molecular formula is C17H15NO2. The van der Waals surface area contributed by atoms with Crippen LogP contribution in [-0.4, -0.2) is 18.4 Å². The number of aromatic amines is 1. The number of aldehydes is 1. The first-order chi connectivity index (χ1) is 9.74. The second-order valence-electron chi connectivity index (χ2n) is 4.78. The summed E-state index contributed by atoms with van der Waals surface area (Å²) in [5.41, 5.74) is 4.52. The second kappa shape index (κ2) is 4.85. The summed E-state index contributed by atoms with van der Waals surface area (Å²) in [6.45, 7) is 2.04. The Morgan fingerprint density at radius 2 is 1.95 bits per heavy atom. The van der Waals surface area contributed by atoms with Crippen molar-refractivity contribution in [2.45, 2.75) is 6.92 Å². The van der Waals surface area contributed by atoms with E-state index in [9.17, 15) is 4.79 Å². The third-order valence-corrected chi connectivity index (χ3v) is 3.48. The van der Waals surface area contributed by atoms with Crippen LogP contribution in [0.4, 0.5) is 0 Å². The minimum absolute atomic E-state index is 0.671. The smallest absolute Gasteiger partial charge is 0.152 e. The fraction of sp³-hybridized carbons (Fsp3) is 0.118. The Bertz CT molecular complexity index is 787. The van der Waals surface area contributed by atoms with E-state index in [4.69, 9.17) is 4.74 Å².